The molecule has 3 aromatic heterocycles. The Bertz CT molecular complexity index is 1640. The number of anilines is 1. The summed E-state index contributed by atoms with van der Waals surface area (Å²) in [4.78, 5) is 38.6. The summed E-state index contributed by atoms with van der Waals surface area (Å²) in [5.74, 6) is -0.380. The van der Waals surface area contributed by atoms with Gasteiger partial charge >= 0.3 is 6.03 Å². The van der Waals surface area contributed by atoms with Crippen molar-refractivity contribution in [1.29, 1.82) is 0 Å². The summed E-state index contributed by atoms with van der Waals surface area (Å²) in [6.45, 7) is 0.491. The second-order valence-electron chi connectivity index (χ2n) is 8.97. The van der Waals surface area contributed by atoms with Gasteiger partial charge in [0.05, 0.1) is 12.2 Å². The molecule has 0 aliphatic carbocycles. The average Bonchev–Trinajstić information content (AvgIpc) is 3.68. The Labute approximate surface area is 232 Å². The molecule has 1 fully saturated rings. The second kappa shape index (κ2) is 11.0. The van der Waals surface area contributed by atoms with Crippen molar-refractivity contribution in [2.24, 2.45) is 0 Å². The molecule has 0 saturated carbocycles. The molecule has 200 valence electrons. The van der Waals surface area contributed by atoms with Crippen LogP contribution in [-0.4, -0.2) is 61.5 Å². The topological polar surface area (TPSA) is 117 Å². The first-order chi connectivity index (χ1) is 19.5. The molecule has 4 heterocycles. The van der Waals surface area contributed by atoms with Crippen molar-refractivity contribution in [1.82, 2.24) is 30.0 Å². The molecular formula is C28H22FN7O3S. The van der Waals surface area contributed by atoms with Gasteiger partial charge < -0.3 is 14.2 Å². The summed E-state index contributed by atoms with van der Waals surface area (Å²) >= 11 is 1.28. The molecule has 40 heavy (non-hydrogen) atoms. The molecule has 0 bridgehead atoms. The molecule has 0 radical (unpaired) electrons. The molecule has 1 aliphatic rings. The molecule has 12 heteroatoms. The number of pyridine rings is 1. The van der Waals surface area contributed by atoms with Crippen LogP contribution >= 0.6 is 11.3 Å². The lowest BCUT2D eigenvalue weighted by Gasteiger charge is -2.39. The zero-order chi connectivity index (χ0) is 27.5. The van der Waals surface area contributed by atoms with Gasteiger partial charge in [0.15, 0.2) is 5.13 Å². The molecule has 3 amide bonds. The smallest absolute Gasteiger partial charge is 0.324 e. The first kappa shape index (κ1) is 25.3. The lowest BCUT2D eigenvalue weighted by Crippen LogP contribution is -2.53. The van der Waals surface area contributed by atoms with E-state index in [9.17, 15) is 14.0 Å². The number of halogens is 1. The van der Waals surface area contributed by atoms with Crippen LogP contribution < -0.4 is 5.32 Å². The number of nitrogens with zero attached hydrogens (tertiary/aromatic N) is 6. The van der Waals surface area contributed by atoms with E-state index in [0.717, 1.165) is 5.56 Å². The Morgan fingerprint density at radius 3 is 2.62 bits per heavy atom. The Balaban J connectivity index is 1.26. The van der Waals surface area contributed by atoms with Crippen molar-refractivity contribution < 1.29 is 18.4 Å². The summed E-state index contributed by atoms with van der Waals surface area (Å²) in [5, 5.41) is 13.5. The molecule has 6 rings (SSSR count). The van der Waals surface area contributed by atoms with Gasteiger partial charge in [-0.2, -0.15) is 0 Å². The predicted molar refractivity (Wildman–Crippen MR) is 146 cm³/mol. The molecule has 5 aromatic rings. The van der Waals surface area contributed by atoms with E-state index in [1.54, 1.807) is 22.1 Å². The van der Waals surface area contributed by atoms with E-state index in [4.69, 9.17) is 4.42 Å². The van der Waals surface area contributed by atoms with Crippen LogP contribution in [0.2, 0.25) is 0 Å². The lowest BCUT2D eigenvalue weighted by molar-refractivity contribution is 0.0532. The highest BCUT2D eigenvalue weighted by Crippen LogP contribution is 2.30. The van der Waals surface area contributed by atoms with E-state index >= 15 is 0 Å². The van der Waals surface area contributed by atoms with E-state index in [-0.39, 0.29) is 37.0 Å². The number of thiazole rings is 1. The molecule has 1 N–H and O–H groups in total. The van der Waals surface area contributed by atoms with E-state index < -0.39 is 17.9 Å². The van der Waals surface area contributed by atoms with Crippen LogP contribution in [0.4, 0.5) is 14.3 Å². The maximum absolute atomic E-state index is 13.8. The van der Waals surface area contributed by atoms with Crippen molar-refractivity contribution in [2.45, 2.75) is 6.04 Å². The molecule has 1 aliphatic heterocycles. The number of hydrogen-bond acceptors (Lipinski definition) is 8. The van der Waals surface area contributed by atoms with E-state index in [1.807, 2.05) is 53.9 Å². The van der Waals surface area contributed by atoms with Crippen LogP contribution in [0.25, 0.3) is 22.8 Å². The first-order valence-corrected chi connectivity index (χ1v) is 13.3. The highest BCUT2D eigenvalue weighted by molar-refractivity contribution is 7.14. The molecule has 10 nitrogen and oxygen atoms in total. The highest BCUT2D eigenvalue weighted by atomic mass is 32.1. The van der Waals surface area contributed by atoms with Gasteiger partial charge in [-0.1, -0.05) is 30.3 Å². The van der Waals surface area contributed by atoms with Crippen LogP contribution in [0.1, 0.15) is 22.3 Å². The van der Waals surface area contributed by atoms with Gasteiger partial charge in [0.1, 0.15) is 17.6 Å². The largest absolute Gasteiger partial charge is 0.418 e. The van der Waals surface area contributed by atoms with Crippen molar-refractivity contribution in [3.63, 3.8) is 0 Å². The third-order valence-electron chi connectivity index (χ3n) is 6.39. The number of carbonyl (C=O) groups excluding carboxylic acids is 2. The fourth-order valence-electron chi connectivity index (χ4n) is 4.42. The minimum Gasteiger partial charge on any atom is -0.418 e. The number of carbonyl (C=O) groups is 2. The standard InChI is InChI=1S/C28H22FN7O3S/c29-20-10-6-9-19(15-20)26(37)35-13-14-36(23(16-35)25-34-33-24(39-25)18-7-2-1-3-8-18)28(38)32-27-31-22(17-40-27)21-11-4-5-12-30-21/h1-12,15,17,23H,13-14,16H2,(H,31,32,38). The third kappa shape index (κ3) is 5.29. The van der Waals surface area contributed by atoms with Gasteiger partial charge in [0.2, 0.25) is 11.8 Å². The molecule has 1 saturated heterocycles. The number of piperazine rings is 1. The normalized spacial score (nSPS) is 15.2. The van der Waals surface area contributed by atoms with Crippen LogP contribution in [0.15, 0.2) is 88.8 Å². The van der Waals surface area contributed by atoms with Crippen molar-refractivity contribution >= 4 is 28.4 Å². The number of urea groups is 1. The van der Waals surface area contributed by atoms with Gasteiger partial charge in [-0.3, -0.25) is 15.1 Å². The Morgan fingerprint density at radius 1 is 0.975 bits per heavy atom. The van der Waals surface area contributed by atoms with Crippen LogP contribution in [-0.2, 0) is 0 Å². The lowest BCUT2D eigenvalue weighted by atomic mass is 10.1. The van der Waals surface area contributed by atoms with Gasteiger partial charge in [-0.25, -0.2) is 14.2 Å². The number of rotatable bonds is 5. The number of aromatic nitrogens is 4. The second-order valence-corrected chi connectivity index (χ2v) is 9.82. The van der Waals surface area contributed by atoms with E-state index in [1.165, 1.54) is 29.5 Å². The molecular weight excluding hydrogens is 533 g/mol. The number of hydrogen-bond donors (Lipinski definition) is 1. The van der Waals surface area contributed by atoms with Gasteiger partial charge in [0, 0.05) is 35.8 Å². The maximum Gasteiger partial charge on any atom is 0.324 e. The molecule has 1 unspecified atom stereocenters. The SMILES string of the molecule is O=C(c1cccc(F)c1)N1CCN(C(=O)Nc2nc(-c3ccccn3)cs2)C(c2nnc(-c3ccccc3)o2)C1. The van der Waals surface area contributed by atoms with Crippen molar-refractivity contribution in [2.75, 3.05) is 25.0 Å². The Morgan fingerprint density at radius 2 is 1.82 bits per heavy atom. The maximum atomic E-state index is 13.8. The summed E-state index contributed by atoms with van der Waals surface area (Å²) in [6, 6.07) is 19.1. The summed E-state index contributed by atoms with van der Waals surface area (Å²) < 4.78 is 19.8. The van der Waals surface area contributed by atoms with Crippen molar-refractivity contribution in [3.8, 4) is 22.8 Å². The number of nitrogens with one attached hydrogen (secondary N) is 1. The zero-order valence-corrected chi connectivity index (χ0v) is 21.8. The quantitative estimate of drug-likeness (QED) is 0.320. The fourth-order valence-corrected chi connectivity index (χ4v) is 5.11. The fraction of sp³-hybridized carbons (Fsp3) is 0.143. The number of benzene rings is 2. The molecule has 1 atom stereocenters. The van der Waals surface area contributed by atoms with Crippen LogP contribution in [0.5, 0.6) is 0 Å². The molecule has 2 aromatic carbocycles. The van der Waals surface area contributed by atoms with Crippen LogP contribution in [0.3, 0.4) is 0 Å². The predicted octanol–water partition coefficient (Wildman–Crippen LogP) is 5.13. The number of amides is 3. The Kier molecular flexibility index (Phi) is 6.98. The summed E-state index contributed by atoms with van der Waals surface area (Å²) in [7, 11) is 0. The van der Waals surface area contributed by atoms with Crippen LogP contribution in [0, 0.1) is 5.82 Å². The summed E-state index contributed by atoms with van der Waals surface area (Å²) in [6.07, 6.45) is 1.68. The highest BCUT2D eigenvalue weighted by Gasteiger charge is 2.37. The average molecular weight is 556 g/mol. The zero-order valence-electron chi connectivity index (χ0n) is 21.0. The minimum atomic E-state index is -0.744. The van der Waals surface area contributed by atoms with E-state index in [2.05, 4.69) is 25.5 Å². The van der Waals surface area contributed by atoms with Gasteiger partial charge in [0.25, 0.3) is 5.91 Å². The summed E-state index contributed by atoms with van der Waals surface area (Å²) in [5.41, 5.74) is 2.29. The van der Waals surface area contributed by atoms with Gasteiger partial charge in [-0.05, 0) is 42.5 Å². The molecule has 0 spiro atoms. The van der Waals surface area contributed by atoms with E-state index in [0.29, 0.717) is 22.4 Å². The minimum absolute atomic E-state index is 0.0796. The first-order valence-electron chi connectivity index (χ1n) is 12.4. The third-order valence-corrected chi connectivity index (χ3v) is 7.15. The Hall–Kier alpha value is -4.97. The van der Waals surface area contributed by atoms with Crippen molar-refractivity contribution in [3.05, 3.63) is 102 Å². The monoisotopic (exact) mass is 555 g/mol. The van der Waals surface area contributed by atoms with Gasteiger partial charge in [-0.15, -0.1) is 21.5 Å².